The van der Waals surface area contributed by atoms with E-state index in [1.54, 1.807) is 12.1 Å². The average molecular weight is 170 g/mol. The van der Waals surface area contributed by atoms with Crippen molar-refractivity contribution in [3.05, 3.63) is 23.5 Å². The lowest BCUT2D eigenvalue weighted by atomic mass is 10.4. The van der Waals surface area contributed by atoms with E-state index < -0.39 is 0 Å². The molecule has 0 bridgehead atoms. The molecule has 0 radical (unpaired) electrons. The summed E-state index contributed by atoms with van der Waals surface area (Å²) in [7, 11) is 0. The number of hydrogen-bond acceptors (Lipinski definition) is 4. The van der Waals surface area contributed by atoms with Crippen LogP contribution in [0.1, 0.15) is 0 Å². The summed E-state index contributed by atoms with van der Waals surface area (Å²) >= 11 is 0. The van der Waals surface area contributed by atoms with Crippen LogP contribution in [0.2, 0.25) is 0 Å². The first-order valence-corrected chi connectivity index (χ1v) is 3.51. The van der Waals surface area contributed by atoms with Gasteiger partial charge in [0.15, 0.2) is 0 Å². The summed E-state index contributed by atoms with van der Waals surface area (Å²) in [6.07, 6.45) is 1.42. The van der Waals surface area contributed by atoms with Crippen LogP contribution >= 0.6 is 0 Å². The van der Waals surface area contributed by atoms with Crippen LogP contribution in [-0.4, -0.2) is 23.3 Å². The van der Waals surface area contributed by atoms with Gasteiger partial charge in [0.1, 0.15) is 12.3 Å². The van der Waals surface area contributed by atoms with Gasteiger partial charge in [-0.1, -0.05) is 0 Å². The molecule has 12 heavy (non-hydrogen) atoms. The summed E-state index contributed by atoms with van der Waals surface area (Å²) in [5.74, 6) is 0.412. The van der Waals surface area contributed by atoms with Gasteiger partial charge in [-0.2, -0.15) is 0 Å². The highest BCUT2D eigenvalue weighted by atomic mass is 16.5. The van der Waals surface area contributed by atoms with Crippen molar-refractivity contribution in [2.45, 2.75) is 0 Å². The van der Waals surface area contributed by atoms with Gasteiger partial charge in [0, 0.05) is 12.1 Å². The minimum absolute atomic E-state index is 0.0445. The zero-order chi connectivity index (χ0) is 8.81. The highest BCUT2D eigenvalue weighted by Gasteiger charge is 1.95. The third-order valence-electron chi connectivity index (χ3n) is 1.24. The van der Waals surface area contributed by atoms with E-state index in [0.717, 1.165) is 0 Å². The molecular weight excluding hydrogens is 160 g/mol. The second kappa shape index (κ2) is 4.66. The molecule has 0 aliphatic carbocycles. The molecule has 0 aliphatic heterocycles. The number of aliphatic hydroxyl groups is 1. The number of hydrogen-bond donors (Lipinski definition) is 2. The third kappa shape index (κ3) is 2.46. The fourth-order valence-electron chi connectivity index (χ4n) is 0.697. The molecule has 0 aliphatic rings. The Morgan fingerprint density at radius 2 is 2.42 bits per heavy atom. The summed E-state index contributed by atoms with van der Waals surface area (Å²) in [5, 5.41) is 18.6. The van der Waals surface area contributed by atoms with E-state index in [-0.39, 0.29) is 13.2 Å². The highest BCUT2D eigenvalue weighted by molar-refractivity contribution is 5.27. The molecule has 1 aromatic heterocycles. The first-order chi connectivity index (χ1) is 5.86. The van der Waals surface area contributed by atoms with Crippen LogP contribution in [0.15, 0.2) is 18.3 Å². The summed E-state index contributed by atoms with van der Waals surface area (Å²) < 4.78 is 4.98. The van der Waals surface area contributed by atoms with Crippen LogP contribution < -0.4 is 10.2 Å². The molecule has 5 nitrogen and oxygen atoms in total. The molecule has 0 fully saturated rings. The summed E-state index contributed by atoms with van der Waals surface area (Å²) in [4.78, 5) is 3.82. The molecule has 0 amide bonds. The van der Waals surface area contributed by atoms with Gasteiger partial charge in [0.05, 0.1) is 12.8 Å². The molecule has 0 saturated heterocycles. The average Bonchev–Trinajstić information content (AvgIpc) is 2.15. The van der Waals surface area contributed by atoms with E-state index in [2.05, 4.69) is 4.98 Å². The van der Waals surface area contributed by atoms with Crippen molar-refractivity contribution in [2.75, 3.05) is 13.2 Å². The Bertz CT molecular complexity index is 225. The zero-order valence-electron chi connectivity index (χ0n) is 6.43. The van der Waals surface area contributed by atoms with Crippen LogP contribution in [0, 0.1) is 5.21 Å². The number of aromatic nitrogens is 1. The zero-order valence-corrected chi connectivity index (χ0v) is 6.43. The largest absolute Gasteiger partial charge is 0.630 e. The minimum atomic E-state index is -0.0445. The first kappa shape index (κ1) is 8.92. The summed E-state index contributed by atoms with van der Waals surface area (Å²) in [6.45, 7) is 0.171. The lowest BCUT2D eigenvalue weighted by molar-refractivity contribution is -0.497. The quantitative estimate of drug-likeness (QED) is 0.576. The molecule has 1 rings (SSSR count). The Morgan fingerprint density at radius 1 is 1.58 bits per heavy atom. The van der Waals surface area contributed by atoms with Crippen molar-refractivity contribution < 1.29 is 15.3 Å². The topological polar surface area (TPSA) is 82.0 Å². The van der Waals surface area contributed by atoms with Crippen molar-refractivity contribution in [1.29, 1.82) is 0 Å². The Morgan fingerprint density at radius 3 is 2.92 bits per heavy atom. The monoisotopic (exact) mass is 170 g/mol. The van der Waals surface area contributed by atoms with Gasteiger partial charge in [-0.15, -0.1) is 0 Å². The Kier molecular flexibility index (Phi) is 3.46. The second-order valence-electron chi connectivity index (χ2n) is 2.12. The van der Waals surface area contributed by atoms with Crippen LogP contribution in [0.5, 0.6) is 5.88 Å². The van der Waals surface area contributed by atoms with E-state index in [1.807, 2.05) is 0 Å². The maximum Gasteiger partial charge on any atom is 0.213 e. The van der Waals surface area contributed by atoms with E-state index in [4.69, 9.17) is 9.84 Å². The van der Waals surface area contributed by atoms with Gasteiger partial charge in [0.25, 0.3) is 0 Å². The summed E-state index contributed by atoms with van der Waals surface area (Å²) in [5.41, 5.74) is 1.22. The van der Waals surface area contributed by atoms with Crippen molar-refractivity contribution in [3.8, 4) is 5.88 Å². The lowest BCUT2D eigenvalue weighted by Crippen LogP contribution is -2.70. The van der Waals surface area contributed by atoms with Crippen molar-refractivity contribution >= 4 is 5.69 Å². The number of pyridine rings is 1. The predicted octanol–water partition coefficient (Wildman–Crippen LogP) is -0.855. The fraction of sp³-hybridized carbons (Fsp3) is 0.286. The number of aliphatic hydroxyl groups excluding tert-OH is 1. The van der Waals surface area contributed by atoms with Gasteiger partial charge >= 0.3 is 0 Å². The molecule has 0 atom stereocenters. The van der Waals surface area contributed by atoms with Gasteiger partial charge in [-0.05, 0) is 0 Å². The second-order valence-corrected chi connectivity index (χ2v) is 2.12. The highest BCUT2D eigenvalue weighted by Crippen LogP contribution is 2.06. The molecule has 1 heterocycles. The van der Waals surface area contributed by atoms with Gasteiger partial charge in [0.2, 0.25) is 5.88 Å². The Hall–Kier alpha value is -1.17. The number of nitrogens with zero attached hydrogens (tertiary/aromatic N) is 1. The number of nitrogens with two attached hydrogens (primary N) is 1. The Labute approximate surface area is 69.6 Å². The van der Waals surface area contributed by atoms with Crippen molar-refractivity contribution in [1.82, 2.24) is 4.98 Å². The van der Waals surface area contributed by atoms with Crippen molar-refractivity contribution in [3.63, 3.8) is 0 Å². The number of quaternary nitrogens is 1. The minimum Gasteiger partial charge on any atom is -0.630 e. The number of ether oxygens (including phenoxy) is 1. The molecule has 0 unspecified atom stereocenters. The van der Waals surface area contributed by atoms with E-state index in [0.29, 0.717) is 17.0 Å². The molecule has 66 valence electrons. The predicted molar refractivity (Wildman–Crippen MR) is 41.8 cm³/mol. The van der Waals surface area contributed by atoms with Crippen LogP contribution in [0.4, 0.5) is 5.69 Å². The first-order valence-electron chi connectivity index (χ1n) is 3.51. The van der Waals surface area contributed by atoms with Crippen LogP contribution in [-0.2, 0) is 0 Å². The normalized spacial score (nSPS) is 9.83. The maximum atomic E-state index is 10.2. The van der Waals surface area contributed by atoms with E-state index in [9.17, 15) is 5.21 Å². The number of rotatable bonds is 4. The van der Waals surface area contributed by atoms with Gasteiger partial charge in [-0.25, -0.2) is 4.98 Å². The fourth-order valence-corrected chi connectivity index (χ4v) is 0.697. The van der Waals surface area contributed by atoms with Gasteiger partial charge in [-0.3, -0.25) is 0 Å². The maximum absolute atomic E-state index is 10.2. The molecule has 5 heteroatoms. The molecule has 3 N–H and O–H groups in total. The Balaban J connectivity index is 2.53. The van der Waals surface area contributed by atoms with Crippen LogP contribution in [0.25, 0.3) is 0 Å². The van der Waals surface area contributed by atoms with Crippen LogP contribution in [0.3, 0.4) is 0 Å². The van der Waals surface area contributed by atoms with Crippen molar-refractivity contribution in [2.24, 2.45) is 0 Å². The third-order valence-corrected chi connectivity index (χ3v) is 1.24. The standard InChI is InChI=1S/C7H10N2O3/c10-3-4-12-7-2-1-6(9-11)5-8-7/h1-2,5,10H,3-4,9H2. The van der Waals surface area contributed by atoms with Gasteiger partial charge < -0.3 is 20.5 Å². The molecule has 0 aromatic carbocycles. The molecule has 0 spiro atoms. The van der Waals surface area contributed by atoms with E-state index in [1.165, 1.54) is 6.20 Å². The smallest absolute Gasteiger partial charge is 0.213 e. The SMILES string of the molecule is [O-][NH2+]c1ccc(OCCO)nc1. The molecular formula is C7H10N2O3. The van der Waals surface area contributed by atoms with E-state index >= 15 is 0 Å². The molecule has 0 saturated carbocycles. The molecule has 1 aromatic rings. The lowest BCUT2D eigenvalue weighted by Gasteiger charge is -2.03. The summed E-state index contributed by atoms with van der Waals surface area (Å²) in [6, 6.07) is 3.19.